The van der Waals surface area contributed by atoms with Gasteiger partial charge in [-0.1, -0.05) is 18.2 Å². The van der Waals surface area contributed by atoms with Gasteiger partial charge in [0, 0.05) is 32.6 Å². The zero-order chi connectivity index (χ0) is 14.4. The minimum Gasteiger partial charge on any atom is -0.484 e. The van der Waals surface area contributed by atoms with Gasteiger partial charge in [-0.25, -0.2) is 0 Å². The molecule has 0 saturated carbocycles. The number of carbonyl (C=O) groups is 1. The molecule has 20 heavy (non-hydrogen) atoms. The number of aryl methyl sites for hydroxylation is 1. The Morgan fingerprint density at radius 3 is 2.80 bits per heavy atom. The average Bonchev–Trinajstić information content (AvgIpc) is 2.45. The van der Waals surface area contributed by atoms with Gasteiger partial charge in [0.05, 0.1) is 5.60 Å². The van der Waals surface area contributed by atoms with Crippen LogP contribution in [0.25, 0.3) is 0 Å². The van der Waals surface area contributed by atoms with E-state index in [9.17, 15) is 9.90 Å². The molecule has 0 bridgehead atoms. The van der Waals surface area contributed by atoms with Crippen molar-refractivity contribution in [2.24, 2.45) is 0 Å². The van der Waals surface area contributed by atoms with Gasteiger partial charge < -0.3 is 19.9 Å². The molecule has 0 aliphatic carbocycles. The van der Waals surface area contributed by atoms with Crippen molar-refractivity contribution < 1.29 is 19.4 Å². The van der Waals surface area contributed by atoms with Gasteiger partial charge in [0.2, 0.25) is 0 Å². The molecule has 1 aliphatic rings. The summed E-state index contributed by atoms with van der Waals surface area (Å²) in [7, 11) is 0. The molecular weight excluding hydrogens is 258 g/mol. The Labute approximate surface area is 118 Å². The van der Waals surface area contributed by atoms with Gasteiger partial charge >= 0.3 is 0 Å². The maximum Gasteiger partial charge on any atom is 0.258 e. The summed E-state index contributed by atoms with van der Waals surface area (Å²) in [5.74, 6) is 0.473. The van der Waals surface area contributed by atoms with Crippen LogP contribution in [0.15, 0.2) is 24.3 Å². The van der Waals surface area contributed by atoms with E-state index in [1.54, 1.807) is 0 Å². The Morgan fingerprint density at radius 1 is 1.40 bits per heavy atom. The van der Waals surface area contributed by atoms with E-state index in [1.165, 1.54) is 0 Å². The highest BCUT2D eigenvalue weighted by Gasteiger charge is 2.30. The number of nitrogens with one attached hydrogen (secondary N) is 1. The molecule has 2 rings (SSSR count). The number of benzene rings is 1. The van der Waals surface area contributed by atoms with E-state index in [2.05, 4.69) is 5.32 Å². The summed E-state index contributed by atoms with van der Waals surface area (Å²) < 4.78 is 10.6. The predicted octanol–water partition coefficient (Wildman–Crippen LogP) is 1.03. The second kappa shape index (κ2) is 6.72. The Balaban J connectivity index is 1.74. The molecule has 1 aliphatic heterocycles. The smallest absolute Gasteiger partial charge is 0.258 e. The van der Waals surface area contributed by atoms with Gasteiger partial charge in [0.1, 0.15) is 5.75 Å². The van der Waals surface area contributed by atoms with E-state index in [0.717, 1.165) is 5.56 Å². The van der Waals surface area contributed by atoms with Crippen LogP contribution in [0.3, 0.4) is 0 Å². The summed E-state index contributed by atoms with van der Waals surface area (Å²) >= 11 is 0. The SMILES string of the molecule is Cc1ccccc1OCC(=O)NCC1(O)CCOCC1. The lowest BCUT2D eigenvalue weighted by molar-refractivity contribution is -0.125. The zero-order valence-corrected chi connectivity index (χ0v) is 11.7. The number of amides is 1. The number of carbonyl (C=O) groups excluding carboxylic acids is 1. The molecule has 1 fully saturated rings. The van der Waals surface area contributed by atoms with Crippen molar-refractivity contribution in [1.82, 2.24) is 5.32 Å². The summed E-state index contributed by atoms with van der Waals surface area (Å²) in [6, 6.07) is 7.54. The lowest BCUT2D eigenvalue weighted by Gasteiger charge is -2.32. The van der Waals surface area contributed by atoms with Crippen molar-refractivity contribution in [1.29, 1.82) is 0 Å². The fourth-order valence-corrected chi connectivity index (χ4v) is 2.10. The van der Waals surface area contributed by atoms with Crippen LogP contribution < -0.4 is 10.1 Å². The van der Waals surface area contributed by atoms with Crippen molar-refractivity contribution in [2.45, 2.75) is 25.4 Å². The van der Waals surface area contributed by atoms with Gasteiger partial charge in [-0.15, -0.1) is 0 Å². The molecule has 110 valence electrons. The van der Waals surface area contributed by atoms with E-state index >= 15 is 0 Å². The zero-order valence-electron chi connectivity index (χ0n) is 11.7. The van der Waals surface area contributed by atoms with E-state index in [0.29, 0.717) is 31.8 Å². The lowest BCUT2D eigenvalue weighted by Crippen LogP contribution is -2.47. The summed E-state index contributed by atoms with van der Waals surface area (Å²) in [4.78, 5) is 11.7. The van der Waals surface area contributed by atoms with Crippen LogP contribution in [-0.4, -0.2) is 43.0 Å². The third kappa shape index (κ3) is 4.21. The molecule has 1 amide bonds. The fraction of sp³-hybridized carbons (Fsp3) is 0.533. The molecule has 0 atom stereocenters. The Bertz CT molecular complexity index is 455. The standard InChI is InChI=1S/C15H21NO4/c1-12-4-2-3-5-13(12)20-10-14(17)16-11-15(18)6-8-19-9-7-15/h2-5,18H,6-11H2,1H3,(H,16,17). The molecule has 5 heteroatoms. The van der Waals surface area contributed by atoms with Gasteiger partial charge in [0.25, 0.3) is 5.91 Å². The molecule has 1 aromatic rings. The Hall–Kier alpha value is -1.59. The maximum atomic E-state index is 11.7. The lowest BCUT2D eigenvalue weighted by atomic mass is 9.94. The van der Waals surface area contributed by atoms with Crippen LogP contribution in [0.2, 0.25) is 0 Å². The summed E-state index contributed by atoms with van der Waals surface area (Å²) in [6.45, 7) is 3.19. The summed E-state index contributed by atoms with van der Waals surface area (Å²) in [5, 5.41) is 12.9. The largest absolute Gasteiger partial charge is 0.484 e. The Kier molecular flexibility index (Phi) is 4.98. The quantitative estimate of drug-likeness (QED) is 0.845. The topological polar surface area (TPSA) is 67.8 Å². The molecule has 0 spiro atoms. The highest BCUT2D eigenvalue weighted by Crippen LogP contribution is 2.19. The Morgan fingerprint density at radius 2 is 2.10 bits per heavy atom. The van der Waals surface area contributed by atoms with Gasteiger partial charge in [-0.3, -0.25) is 4.79 Å². The predicted molar refractivity (Wildman–Crippen MR) is 74.7 cm³/mol. The maximum absolute atomic E-state index is 11.7. The molecular formula is C15H21NO4. The first kappa shape index (κ1) is 14.8. The third-order valence-electron chi connectivity index (χ3n) is 3.49. The minimum atomic E-state index is -0.851. The van der Waals surface area contributed by atoms with Crippen LogP contribution in [0.1, 0.15) is 18.4 Å². The first-order chi connectivity index (χ1) is 9.59. The fourth-order valence-electron chi connectivity index (χ4n) is 2.10. The summed E-state index contributed by atoms with van der Waals surface area (Å²) in [5.41, 5.74) is 0.139. The molecule has 0 aromatic heterocycles. The van der Waals surface area contributed by atoms with Crippen molar-refractivity contribution in [2.75, 3.05) is 26.4 Å². The van der Waals surface area contributed by atoms with Crippen LogP contribution >= 0.6 is 0 Å². The summed E-state index contributed by atoms with van der Waals surface area (Å²) in [6.07, 6.45) is 1.10. The number of hydrogen-bond donors (Lipinski definition) is 2. The van der Waals surface area contributed by atoms with Crippen LogP contribution in [0.4, 0.5) is 0 Å². The first-order valence-corrected chi connectivity index (χ1v) is 6.84. The monoisotopic (exact) mass is 279 g/mol. The number of aliphatic hydroxyl groups is 1. The van der Waals surface area contributed by atoms with Gasteiger partial charge in [-0.05, 0) is 18.6 Å². The first-order valence-electron chi connectivity index (χ1n) is 6.84. The molecule has 1 aromatic carbocycles. The second-order valence-electron chi connectivity index (χ2n) is 5.17. The van der Waals surface area contributed by atoms with E-state index in [-0.39, 0.29) is 19.1 Å². The van der Waals surface area contributed by atoms with Crippen molar-refractivity contribution in [3.05, 3.63) is 29.8 Å². The van der Waals surface area contributed by atoms with Crippen LogP contribution in [-0.2, 0) is 9.53 Å². The van der Waals surface area contributed by atoms with Crippen molar-refractivity contribution >= 4 is 5.91 Å². The van der Waals surface area contributed by atoms with Crippen molar-refractivity contribution in [3.63, 3.8) is 0 Å². The van der Waals surface area contributed by atoms with Crippen LogP contribution in [0, 0.1) is 6.92 Å². The van der Waals surface area contributed by atoms with E-state index < -0.39 is 5.60 Å². The number of hydrogen-bond acceptors (Lipinski definition) is 4. The van der Waals surface area contributed by atoms with E-state index in [4.69, 9.17) is 9.47 Å². The minimum absolute atomic E-state index is 0.0442. The van der Waals surface area contributed by atoms with Gasteiger partial charge in [-0.2, -0.15) is 0 Å². The average molecular weight is 279 g/mol. The van der Waals surface area contributed by atoms with E-state index in [1.807, 2.05) is 31.2 Å². The third-order valence-corrected chi connectivity index (χ3v) is 3.49. The molecule has 5 nitrogen and oxygen atoms in total. The molecule has 0 radical (unpaired) electrons. The van der Waals surface area contributed by atoms with Crippen molar-refractivity contribution in [3.8, 4) is 5.75 Å². The molecule has 2 N–H and O–H groups in total. The number of rotatable bonds is 5. The second-order valence-corrected chi connectivity index (χ2v) is 5.17. The normalized spacial score (nSPS) is 17.5. The molecule has 1 saturated heterocycles. The molecule has 1 heterocycles. The highest BCUT2D eigenvalue weighted by atomic mass is 16.5. The highest BCUT2D eigenvalue weighted by molar-refractivity contribution is 5.77. The molecule has 0 unspecified atom stereocenters. The van der Waals surface area contributed by atoms with Gasteiger partial charge in [0.15, 0.2) is 6.61 Å². The number of para-hydroxylation sites is 1. The number of ether oxygens (including phenoxy) is 2. The van der Waals surface area contributed by atoms with Crippen LogP contribution in [0.5, 0.6) is 5.75 Å².